The molecule has 82 valence electrons. The highest BCUT2D eigenvalue weighted by Gasteiger charge is 2.16. The molecule has 0 bridgehead atoms. The summed E-state index contributed by atoms with van der Waals surface area (Å²) in [6, 6.07) is 1.74. The zero-order chi connectivity index (χ0) is 9.64. The van der Waals surface area contributed by atoms with Gasteiger partial charge in [0.15, 0.2) is 0 Å². The van der Waals surface area contributed by atoms with Gasteiger partial charge < -0.3 is 10.6 Å². The van der Waals surface area contributed by atoms with E-state index in [1.54, 1.807) is 0 Å². The van der Waals surface area contributed by atoms with E-state index in [0.29, 0.717) is 0 Å². The lowest BCUT2D eigenvalue weighted by atomic mass is 9.93. The van der Waals surface area contributed by atoms with Gasteiger partial charge in [0.1, 0.15) is 0 Å². The van der Waals surface area contributed by atoms with Crippen molar-refractivity contribution in [3.05, 3.63) is 0 Å². The molecule has 0 unspecified atom stereocenters. The van der Waals surface area contributed by atoms with Gasteiger partial charge in [0, 0.05) is 12.1 Å². The maximum atomic E-state index is 3.61. The second-order valence-corrected chi connectivity index (χ2v) is 4.87. The van der Waals surface area contributed by atoms with Crippen molar-refractivity contribution in [1.29, 1.82) is 0 Å². The maximum Gasteiger partial charge on any atom is 0.00670 e. The van der Waals surface area contributed by atoms with Crippen molar-refractivity contribution in [1.82, 2.24) is 10.6 Å². The van der Waals surface area contributed by atoms with Crippen LogP contribution in [0.25, 0.3) is 0 Å². The third kappa shape index (κ3) is 3.25. The summed E-state index contributed by atoms with van der Waals surface area (Å²) >= 11 is 0. The summed E-state index contributed by atoms with van der Waals surface area (Å²) < 4.78 is 0. The lowest BCUT2D eigenvalue weighted by molar-refractivity contribution is 0.325. The summed E-state index contributed by atoms with van der Waals surface area (Å²) in [5.74, 6) is 0. The minimum atomic E-state index is 0.870. The third-order valence-electron chi connectivity index (χ3n) is 3.68. The molecule has 0 aromatic carbocycles. The van der Waals surface area contributed by atoms with Crippen LogP contribution in [0.2, 0.25) is 0 Å². The summed E-state index contributed by atoms with van der Waals surface area (Å²) in [5.41, 5.74) is 0. The summed E-state index contributed by atoms with van der Waals surface area (Å²) in [6.07, 6.45) is 11.2. The van der Waals surface area contributed by atoms with E-state index in [9.17, 15) is 0 Å². The fourth-order valence-electron chi connectivity index (χ4n) is 2.09. The highest BCUT2D eigenvalue weighted by atomic mass is 14.9. The SMILES string of the molecule is C(CCNC1CCC1)CNC1CCC1. The zero-order valence-electron chi connectivity index (χ0n) is 9.23. The molecule has 0 saturated heterocycles. The van der Waals surface area contributed by atoms with Gasteiger partial charge in [-0.3, -0.25) is 0 Å². The van der Waals surface area contributed by atoms with Crippen LogP contribution >= 0.6 is 0 Å². The predicted octanol–water partition coefficient (Wildman–Crippen LogP) is 2.05. The van der Waals surface area contributed by atoms with Gasteiger partial charge in [-0.2, -0.15) is 0 Å². The van der Waals surface area contributed by atoms with E-state index in [4.69, 9.17) is 0 Å². The molecule has 2 aliphatic rings. The zero-order valence-corrected chi connectivity index (χ0v) is 9.23. The van der Waals surface area contributed by atoms with E-state index in [0.717, 1.165) is 12.1 Å². The van der Waals surface area contributed by atoms with Crippen molar-refractivity contribution in [3.8, 4) is 0 Å². The minimum Gasteiger partial charge on any atom is -0.314 e. The van der Waals surface area contributed by atoms with Gasteiger partial charge in [0.25, 0.3) is 0 Å². The molecule has 0 heterocycles. The monoisotopic (exact) mass is 196 g/mol. The van der Waals surface area contributed by atoms with Gasteiger partial charge >= 0.3 is 0 Å². The average molecular weight is 196 g/mol. The van der Waals surface area contributed by atoms with Crippen LogP contribution in [0, 0.1) is 0 Å². The largest absolute Gasteiger partial charge is 0.314 e. The minimum absolute atomic E-state index is 0.870. The molecule has 0 spiro atoms. The molecule has 2 N–H and O–H groups in total. The molecular weight excluding hydrogens is 172 g/mol. The first-order valence-electron chi connectivity index (χ1n) is 6.42. The van der Waals surface area contributed by atoms with Crippen LogP contribution < -0.4 is 10.6 Å². The number of rotatable bonds is 7. The van der Waals surface area contributed by atoms with Crippen LogP contribution in [-0.2, 0) is 0 Å². The van der Waals surface area contributed by atoms with Crippen LogP contribution in [0.1, 0.15) is 51.4 Å². The molecule has 0 radical (unpaired) electrons. The predicted molar refractivity (Wildman–Crippen MR) is 60.5 cm³/mol. The van der Waals surface area contributed by atoms with Gasteiger partial charge in [0.05, 0.1) is 0 Å². The molecule has 0 amide bonds. The van der Waals surface area contributed by atoms with E-state index in [1.165, 1.54) is 64.5 Å². The molecule has 2 rings (SSSR count). The molecule has 0 aliphatic heterocycles. The average Bonchev–Trinajstić information content (AvgIpc) is 2.03. The van der Waals surface area contributed by atoms with Crippen molar-refractivity contribution >= 4 is 0 Å². The first-order chi connectivity index (χ1) is 6.95. The van der Waals surface area contributed by atoms with E-state index in [2.05, 4.69) is 10.6 Å². The second-order valence-electron chi connectivity index (χ2n) is 4.87. The van der Waals surface area contributed by atoms with Crippen LogP contribution in [-0.4, -0.2) is 25.2 Å². The van der Waals surface area contributed by atoms with Crippen molar-refractivity contribution in [2.45, 2.75) is 63.5 Å². The Bertz CT molecular complexity index is 132. The van der Waals surface area contributed by atoms with Crippen LogP contribution in [0.15, 0.2) is 0 Å². The maximum absolute atomic E-state index is 3.61. The number of hydrogen-bond donors (Lipinski definition) is 2. The van der Waals surface area contributed by atoms with Gasteiger partial charge in [-0.05, 0) is 51.6 Å². The van der Waals surface area contributed by atoms with Crippen molar-refractivity contribution in [2.24, 2.45) is 0 Å². The first-order valence-corrected chi connectivity index (χ1v) is 6.42. The van der Waals surface area contributed by atoms with Gasteiger partial charge in [-0.25, -0.2) is 0 Å². The number of unbranched alkanes of at least 4 members (excludes halogenated alkanes) is 1. The Balaban J connectivity index is 1.32. The molecule has 2 fully saturated rings. The van der Waals surface area contributed by atoms with E-state index < -0.39 is 0 Å². The summed E-state index contributed by atoms with van der Waals surface area (Å²) in [6.45, 7) is 2.47. The van der Waals surface area contributed by atoms with Crippen molar-refractivity contribution < 1.29 is 0 Å². The molecule has 2 heteroatoms. The molecule has 2 aliphatic carbocycles. The Labute approximate surface area is 87.8 Å². The lowest BCUT2D eigenvalue weighted by Gasteiger charge is -2.27. The Morgan fingerprint density at radius 3 is 1.43 bits per heavy atom. The Morgan fingerprint density at radius 1 is 0.714 bits per heavy atom. The molecule has 2 nitrogen and oxygen atoms in total. The highest BCUT2D eigenvalue weighted by Crippen LogP contribution is 2.18. The van der Waals surface area contributed by atoms with Gasteiger partial charge in [-0.1, -0.05) is 12.8 Å². The quantitative estimate of drug-likeness (QED) is 0.609. The highest BCUT2D eigenvalue weighted by molar-refractivity contribution is 4.77. The third-order valence-corrected chi connectivity index (χ3v) is 3.68. The molecule has 14 heavy (non-hydrogen) atoms. The van der Waals surface area contributed by atoms with E-state index >= 15 is 0 Å². The van der Waals surface area contributed by atoms with Crippen LogP contribution in [0.3, 0.4) is 0 Å². The Hall–Kier alpha value is -0.0800. The van der Waals surface area contributed by atoms with E-state index in [-0.39, 0.29) is 0 Å². The lowest BCUT2D eigenvalue weighted by Crippen LogP contribution is -2.37. The molecule has 0 aromatic heterocycles. The second kappa shape index (κ2) is 5.72. The van der Waals surface area contributed by atoms with Crippen LogP contribution in [0.5, 0.6) is 0 Å². The summed E-state index contributed by atoms with van der Waals surface area (Å²) in [4.78, 5) is 0. The number of nitrogens with one attached hydrogen (secondary N) is 2. The smallest absolute Gasteiger partial charge is 0.00670 e. The fourth-order valence-corrected chi connectivity index (χ4v) is 2.09. The van der Waals surface area contributed by atoms with E-state index in [1.807, 2.05) is 0 Å². The Morgan fingerprint density at radius 2 is 1.14 bits per heavy atom. The Kier molecular flexibility index (Phi) is 4.26. The normalized spacial score (nSPS) is 23.1. The van der Waals surface area contributed by atoms with Gasteiger partial charge in [-0.15, -0.1) is 0 Å². The van der Waals surface area contributed by atoms with Gasteiger partial charge in [0.2, 0.25) is 0 Å². The fraction of sp³-hybridized carbons (Fsp3) is 1.00. The van der Waals surface area contributed by atoms with Crippen molar-refractivity contribution in [3.63, 3.8) is 0 Å². The number of hydrogen-bond acceptors (Lipinski definition) is 2. The standard InChI is InChI=1S/C12H24N2/c1(9-13-11-5-3-6-11)2-10-14-12-7-4-8-12/h11-14H,1-10H2. The van der Waals surface area contributed by atoms with Crippen molar-refractivity contribution in [2.75, 3.05) is 13.1 Å². The first kappa shape index (κ1) is 10.4. The molecular formula is C12H24N2. The molecule has 0 atom stereocenters. The summed E-state index contributed by atoms with van der Waals surface area (Å²) in [5, 5.41) is 7.21. The topological polar surface area (TPSA) is 24.1 Å². The van der Waals surface area contributed by atoms with Crippen LogP contribution in [0.4, 0.5) is 0 Å². The molecule has 0 aromatic rings. The molecule has 2 saturated carbocycles. The summed E-state index contributed by atoms with van der Waals surface area (Å²) in [7, 11) is 0.